The zero-order valence-electron chi connectivity index (χ0n) is 8.55. The number of hydrogen-bond donors (Lipinski definition) is 1. The lowest BCUT2D eigenvalue weighted by Crippen LogP contribution is -2.04. The van der Waals surface area contributed by atoms with E-state index in [0.717, 1.165) is 5.56 Å². The predicted octanol–water partition coefficient (Wildman–Crippen LogP) is 2.41. The molecular weight excluding hydrogens is 224 g/mol. The molecule has 4 heteroatoms. The van der Waals surface area contributed by atoms with Gasteiger partial charge in [-0.15, -0.1) is 0 Å². The van der Waals surface area contributed by atoms with E-state index in [2.05, 4.69) is 9.97 Å². The molecular formula is C12H11ClN2O. The van der Waals surface area contributed by atoms with E-state index >= 15 is 0 Å². The van der Waals surface area contributed by atoms with Gasteiger partial charge in [-0.25, -0.2) is 9.97 Å². The number of aromatic nitrogens is 2. The van der Waals surface area contributed by atoms with Gasteiger partial charge in [0.1, 0.15) is 12.4 Å². The second-order valence-electron chi connectivity index (χ2n) is 3.48. The molecule has 1 heterocycles. The van der Waals surface area contributed by atoms with E-state index in [-0.39, 0.29) is 0 Å². The first-order valence-electron chi connectivity index (χ1n) is 4.94. The van der Waals surface area contributed by atoms with E-state index in [1.54, 1.807) is 12.3 Å². The van der Waals surface area contributed by atoms with Gasteiger partial charge in [-0.05, 0) is 23.8 Å². The van der Waals surface area contributed by atoms with Crippen LogP contribution in [0.25, 0.3) is 0 Å². The van der Waals surface area contributed by atoms with E-state index in [9.17, 15) is 5.11 Å². The van der Waals surface area contributed by atoms with Crippen molar-refractivity contribution in [3.63, 3.8) is 0 Å². The van der Waals surface area contributed by atoms with E-state index < -0.39 is 6.10 Å². The molecule has 1 aromatic carbocycles. The molecule has 0 saturated heterocycles. The van der Waals surface area contributed by atoms with E-state index in [4.69, 9.17) is 11.6 Å². The lowest BCUT2D eigenvalue weighted by molar-refractivity contribution is 0.173. The van der Waals surface area contributed by atoms with Crippen molar-refractivity contribution in [2.75, 3.05) is 0 Å². The average molecular weight is 235 g/mol. The molecule has 0 aliphatic rings. The maximum Gasteiger partial charge on any atom is 0.115 e. The minimum atomic E-state index is -0.624. The van der Waals surface area contributed by atoms with Crippen LogP contribution >= 0.6 is 11.6 Å². The van der Waals surface area contributed by atoms with Gasteiger partial charge in [-0.1, -0.05) is 23.7 Å². The Balaban J connectivity index is 2.11. The van der Waals surface area contributed by atoms with Gasteiger partial charge in [0.25, 0.3) is 0 Å². The smallest absolute Gasteiger partial charge is 0.115 e. The first kappa shape index (κ1) is 11.0. The fourth-order valence-electron chi connectivity index (χ4n) is 1.49. The van der Waals surface area contributed by atoms with Gasteiger partial charge < -0.3 is 5.11 Å². The van der Waals surface area contributed by atoms with Crippen LogP contribution in [0, 0.1) is 0 Å². The number of halogens is 1. The van der Waals surface area contributed by atoms with Crippen molar-refractivity contribution in [2.24, 2.45) is 0 Å². The second-order valence-corrected chi connectivity index (χ2v) is 3.92. The summed E-state index contributed by atoms with van der Waals surface area (Å²) in [5.74, 6) is 0. The van der Waals surface area contributed by atoms with Crippen LogP contribution in [-0.2, 0) is 6.42 Å². The summed E-state index contributed by atoms with van der Waals surface area (Å²) < 4.78 is 0. The third-order valence-electron chi connectivity index (χ3n) is 2.26. The van der Waals surface area contributed by atoms with Crippen LogP contribution < -0.4 is 0 Å². The zero-order valence-corrected chi connectivity index (χ0v) is 9.30. The maximum absolute atomic E-state index is 9.93. The molecule has 0 bridgehead atoms. The summed E-state index contributed by atoms with van der Waals surface area (Å²) >= 11 is 5.87. The molecule has 1 N–H and O–H groups in total. The van der Waals surface area contributed by atoms with E-state index in [1.807, 2.05) is 24.3 Å². The van der Waals surface area contributed by atoms with Crippen LogP contribution in [0.2, 0.25) is 5.02 Å². The van der Waals surface area contributed by atoms with E-state index in [0.29, 0.717) is 17.1 Å². The summed E-state index contributed by atoms with van der Waals surface area (Å²) in [5, 5.41) is 10.6. The SMILES string of the molecule is OC(Cc1cccc(Cl)c1)c1ccncn1. The molecule has 16 heavy (non-hydrogen) atoms. The average Bonchev–Trinajstić information content (AvgIpc) is 2.30. The molecule has 0 saturated carbocycles. The number of aliphatic hydroxyl groups is 1. The maximum atomic E-state index is 9.93. The fraction of sp³-hybridized carbons (Fsp3) is 0.167. The highest BCUT2D eigenvalue weighted by molar-refractivity contribution is 6.30. The highest BCUT2D eigenvalue weighted by Gasteiger charge is 2.09. The topological polar surface area (TPSA) is 46.0 Å². The van der Waals surface area contributed by atoms with Gasteiger partial charge in [0.2, 0.25) is 0 Å². The largest absolute Gasteiger partial charge is 0.386 e. The zero-order chi connectivity index (χ0) is 11.4. The Labute approximate surface area is 98.8 Å². The first-order valence-corrected chi connectivity index (χ1v) is 5.32. The number of aliphatic hydroxyl groups excluding tert-OH is 1. The minimum Gasteiger partial charge on any atom is -0.386 e. The summed E-state index contributed by atoms with van der Waals surface area (Å²) in [7, 11) is 0. The van der Waals surface area contributed by atoms with Crippen molar-refractivity contribution >= 4 is 11.6 Å². The molecule has 1 atom stereocenters. The van der Waals surface area contributed by atoms with Crippen molar-refractivity contribution in [3.05, 3.63) is 59.1 Å². The molecule has 2 aromatic rings. The highest BCUT2D eigenvalue weighted by atomic mass is 35.5. The van der Waals surface area contributed by atoms with Crippen LogP contribution in [0.15, 0.2) is 42.9 Å². The number of nitrogens with zero attached hydrogens (tertiary/aromatic N) is 2. The Hall–Kier alpha value is -1.45. The van der Waals surface area contributed by atoms with Crippen molar-refractivity contribution < 1.29 is 5.11 Å². The van der Waals surface area contributed by atoms with Crippen molar-refractivity contribution in [3.8, 4) is 0 Å². The van der Waals surface area contributed by atoms with Gasteiger partial charge in [-0.2, -0.15) is 0 Å². The van der Waals surface area contributed by atoms with Crippen molar-refractivity contribution in [1.82, 2.24) is 9.97 Å². The molecule has 0 aliphatic carbocycles. The Morgan fingerprint density at radius 1 is 1.31 bits per heavy atom. The quantitative estimate of drug-likeness (QED) is 0.887. The third kappa shape index (κ3) is 2.78. The van der Waals surface area contributed by atoms with Crippen LogP contribution in [-0.4, -0.2) is 15.1 Å². The summed E-state index contributed by atoms with van der Waals surface area (Å²) in [6, 6.07) is 9.14. The number of benzene rings is 1. The van der Waals surface area contributed by atoms with Crippen LogP contribution in [0.4, 0.5) is 0 Å². The molecule has 0 radical (unpaired) electrons. The van der Waals surface area contributed by atoms with Gasteiger partial charge in [0.05, 0.1) is 5.69 Å². The summed E-state index contributed by atoms with van der Waals surface area (Å²) in [4.78, 5) is 7.81. The Morgan fingerprint density at radius 2 is 2.19 bits per heavy atom. The Morgan fingerprint density at radius 3 is 2.88 bits per heavy atom. The predicted molar refractivity (Wildman–Crippen MR) is 62.1 cm³/mol. The third-order valence-corrected chi connectivity index (χ3v) is 2.50. The lowest BCUT2D eigenvalue weighted by Gasteiger charge is -2.09. The van der Waals surface area contributed by atoms with Crippen molar-refractivity contribution in [1.29, 1.82) is 0 Å². The van der Waals surface area contributed by atoms with Crippen LogP contribution in [0.1, 0.15) is 17.4 Å². The van der Waals surface area contributed by atoms with Gasteiger partial charge in [0.15, 0.2) is 0 Å². The summed E-state index contributed by atoms with van der Waals surface area (Å²) in [6.45, 7) is 0. The van der Waals surface area contributed by atoms with Crippen LogP contribution in [0.5, 0.6) is 0 Å². The number of hydrogen-bond acceptors (Lipinski definition) is 3. The fourth-order valence-corrected chi connectivity index (χ4v) is 1.70. The molecule has 3 nitrogen and oxygen atoms in total. The van der Waals surface area contributed by atoms with Crippen molar-refractivity contribution in [2.45, 2.75) is 12.5 Å². The standard InChI is InChI=1S/C12H11ClN2O/c13-10-3-1-2-9(6-10)7-12(16)11-4-5-14-8-15-11/h1-6,8,12,16H,7H2. The van der Waals surface area contributed by atoms with Crippen LogP contribution in [0.3, 0.4) is 0 Å². The molecule has 0 spiro atoms. The van der Waals surface area contributed by atoms with Gasteiger partial charge in [-0.3, -0.25) is 0 Å². The highest BCUT2D eigenvalue weighted by Crippen LogP contribution is 2.18. The Bertz CT molecular complexity index is 462. The minimum absolute atomic E-state index is 0.498. The Kier molecular flexibility index (Phi) is 3.49. The molecule has 1 unspecified atom stereocenters. The molecule has 2 rings (SSSR count). The second kappa shape index (κ2) is 5.05. The van der Waals surface area contributed by atoms with Gasteiger partial charge in [0, 0.05) is 17.6 Å². The van der Waals surface area contributed by atoms with Gasteiger partial charge >= 0.3 is 0 Å². The summed E-state index contributed by atoms with van der Waals surface area (Å²) in [5.41, 5.74) is 1.61. The molecule has 1 aromatic heterocycles. The molecule has 0 fully saturated rings. The lowest BCUT2D eigenvalue weighted by atomic mass is 10.1. The van der Waals surface area contributed by atoms with E-state index in [1.165, 1.54) is 6.33 Å². The molecule has 0 amide bonds. The normalized spacial score (nSPS) is 12.4. The first-order chi connectivity index (χ1) is 7.75. The summed E-state index contributed by atoms with van der Waals surface area (Å²) in [6.07, 6.45) is 2.92. The monoisotopic (exact) mass is 234 g/mol. The molecule has 82 valence electrons. The number of rotatable bonds is 3. The molecule has 0 aliphatic heterocycles.